The first-order valence-corrected chi connectivity index (χ1v) is 8.77. The molecule has 0 unspecified atom stereocenters. The molecule has 0 bridgehead atoms. The van der Waals surface area contributed by atoms with Crippen LogP contribution in [0.4, 0.5) is 0 Å². The Hall–Kier alpha value is -2.21. The predicted octanol–water partition coefficient (Wildman–Crippen LogP) is 3.64. The molecule has 0 aliphatic carbocycles. The Balaban J connectivity index is 1.97. The lowest BCUT2D eigenvalue weighted by atomic mass is 10.1. The molecule has 0 amide bonds. The number of halogens is 1. The highest BCUT2D eigenvalue weighted by Crippen LogP contribution is 2.33. The van der Waals surface area contributed by atoms with Gasteiger partial charge >= 0.3 is 0 Å². The molecule has 5 nitrogen and oxygen atoms in total. The summed E-state index contributed by atoms with van der Waals surface area (Å²) in [4.78, 5) is 4.26. The van der Waals surface area contributed by atoms with E-state index in [1.807, 2.05) is 12.1 Å². The molecular formula is C19H24BrN3O2. The summed E-state index contributed by atoms with van der Waals surface area (Å²) in [5.74, 6) is 2.13. The van der Waals surface area contributed by atoms with Crippen molar-refractivity contribution in [3.8, 4) is 11.5 Å². The third-order valence-corrected chi connectivity index (χ3v) is 4.54. The van der Waals surface area contributed by atoms with Crippen LogP contribution in [0.2, 0.25) is 0 Å². The lowest BCUT2D eigenvalue weighted by Crippen LogP contribution is -2.36. The Kier molecular flexibility index (Phi) is 7.13. The lowest BCUT2D eigenvalue weighted by Gasteiger charge is -2.15. The largest absolute Gasteiger partial charge is 0.493 e. The van der Waals surface area contributed by atoms with E-state index in [-0.39, 0.29) is 0 Å². The fraction of sp³-hybridized carbons (Fsp3) is 0.316. The van der Waals surface area contributed by atoms with E-state index in [2.05, 4.69) is 62.7 Å². The van der Waals surface area contributed by atoms with Gasteiger partial charge in [0.15, 0.2) is 17.5 Å². The highest BCUT2D eigenvalue weighted by Gasteiger charge is 2.10. The fourth-order valence-electron chi connectivity index (χ4n) is 2.32. The topological polar surface area (TPSA) is 54.9 Å². The van der Waals surface area contributed by atoms with Crippen molar-refractivity contribution in [1.82, 2.24) is 10.6 Å². The van der Waals surface area contributed by atoms with E-state index in [0.29, 0.717) is 24.6 Å². The van der Waals surface area contributed by atoms with Crippen LogP contribution < -0.4 is 20.1 Å². The van der Waals surface area contributed by atoms with Crippen molar-refractivity contribution >= 4 is 21.9 Å². The number of rotatable bonds is 6. The van der Waals surface area contributed by atoms with Crippen LogP contribution in [0, 0.1) is 6.92 Å². The van der Waals surface area contributed by atoms with Crippen LogP contribution in [-0.2, 0) is 13.1 Å². The number of aliphatic imine (C=N–C) groups is 1. The minimum absolute atomic E-state index is 0.606. The number of aryl methyl sites for hydroxylation is 1. The van der Waals surface area contributed by atoms with Gasteiger partial charge in [0.05, 0.1) is 14.2 Å². The summed E-state index contributed by atoms with van der Waals surface area (Å²) in [5.41, 5.74) is 3.52. The van der Waals surface area contributed by atoms with Crippen LogP contribution in [0.1, 0.15) is 16.7 Å². The zero-order chi connectivity index (χ0) is 18.2. The first-order chi connectivity index (χ1) is 12.1. The molecule has 2 N–H and O–H groups in total. The zero-order valence-electron chi connectivity index (χ0n) is 15.0. The van der Waals surface area contributed by atoms with Crippen LogP contribution in [0.25, 0.3) is 0 Å². The first-order valence-electron chi connectivity index (χ1n) is 7.97. The van der Waals surface area contributed by atoms with Gasteiger partial charge in [-0.1, -0.05) is 45.8 Å². The number of hydrogen-bond donors (Lipinski definition) is 2. The van der Waals surface area contributed by atoms with Gasteiger partial charge in [0.25, 0.3) is 0 Å². The third-order valence-electron chi connectivity index (χ3n) is 3.80. The van der Waals surface area contributed by atoms with E-state index in [4.69, 9.17) is 9.47 Å². The van der Waals surface area contributed by atoms with E-state index in [9.17, 15) is 0 Å². The average molecular weight is 406 g/mol. The molecule has 0 saturated carbocycles. The number of nitrogens with one attached hydrogen (secondary N) is 2. The molecule has 0 atom stereocenters. The Morgan fingerprint density at radius 3 is 2.20 bits per heavy atom. The van der Waals surface area contributed by atoms with Gasteiger partial charge in [-0.3, -0.25) is 4.99 Å². The summed E-state index contributed by atoms with van der Waals surface area (Å²) in [6.45, 7) is 3.40. The molecule has 0 spiro atoms. The van der Waals surface area contributed by atoms with Gasteiger partial charge in [-0.25, -0.2) is 0 Å². The van der Waals surface area contributed by atoms with Crippen LogP contribution in [-0.4, -0.2) is 27.2 Å². The van der Waals surface area contributed by atoms with E-state index in [1.54, 1.807) is 21.3 Å². The molecule has 0 aliphatic rings. The quantitative estimate of drug-likeness (QED) is 0.568. The second kappa shape index (κ2) is 9.32. The van der Waals surface area contributed by atoms with Crippen LogP contribution in [0.3, 0.4) is 0 Å². The van der Waals surface area contributed by atoms with Crippen molar-refractivity contribution in [1.29, 1.82) is 0 Å². The maximum atomic E-state index is 5.36. The molecule has 25 heavy (non-hydrogen) atoms. The molecule has 0 aromatic heterocycles. The number of nitrogens with zero attached hydrogens (tertiary/aromatic N) is 1. The van der Waals surface area contributed by atoms with Crippen LogP contribution in [0.5, 0.6) is 11.5 Å². The smallest absolute Gasteiger partial charge is 0.191 e. The number of ether oxygens (including phenoxy) is 2. The van der Waals surface area contributed by atoms with Crippen molar-refractivity contribution in [2.45, 2.75) is 20.0 Å². The zero-order valence-corrected chi connectivity index (χ0v) is 16.6. The summed E-state index contributed by atoms with van der Waals surface area (Å²) in [6.07, 6.45) is 0. The van der Waals surface area contributed by atoms with E-state index in [0.717, 1.165) is 16.0 Å². The minimum atomic E-state index is 0.606. The fourth-order valence-corrected chi connectivity index (χ4v) is 2.79. The second-order valence-electron chi connectivity index (χ2n) is 5.56. The minimum Gasteiger partial charge on any atom is -0.493 e. The van der Waals surface area contributed by atoms with Gasteiger partial charge in [0.2, 0.25) is 0 Å². The van der Waals surface area contributed by atoms with Gasteiger partial charge < -0.3 is 20.1 Å². The van der Waals surface area contributed by atoms with Crippen molar-refractivity contribution < 1.29 is 9.47 Å². The molecule has 134 valence electrons. The summed E-state index contributed by atoms with van der Waals surface area (Å²) in [5, 5.41) is 6.62. The molecule has 6 heteroatoms. The second-order valence-corrected chi connectivity index (χ2v) is 6.42. The Morgan fingerprint density at radius 1 is 1.00 bits per heavy atom. The highest BCUT2D eigenvalue weighted by molar-refractivity contribution is 9.10. The lowest BCUT2D eigenvalue weighted by molar-refractivity contribution is 0.354. The van der Waals surface area contributed by atoms with Gasteiger partial charge in [0, 0.05) is 24.6 Å². The summed E-state index contributed by atoms with van der Waals surface area (Å²) < 4.78 is 11.6. The summed E-state index contributed by atoms with van der Waals surface area (Å²) >= 11 is 3.57. The SMILES string of the molecule is CN=C(NCc1ccc(C)cc1)NCc1cc(OC)c(OC)cc1Br. The normalized spacial score (nSPS) is 11.2. The van der Waals surface area contributed by atoms with Crippen molar-refractivity contribution in [3.63, 3.8) is 0 Å². The summed E-state index contributed by atoms with van der Waals surface area (Å²) in [6, 6.07) is 12.3. The predicted molar refractivity (Wildman–Crippen MR) is 105 cm³/mol. The van der Waals surface area contributed by atoms with E-state index >= 15 is 0 Å². The molecule has 0 saturated heterocycles. The Bertz CT molecular complexity index is 730. The number of methoxy groups -OCH3 is 2. The summed E-state index contributed by atoms with van der Waals surface area (Å²) in [7, 11) is 5.01. The third kappa shape index (κ3) is 5.39. The molecule has 2 aromatic carbocycles. The standard InChI is InChI=1S/C19H24BrN3O2/c1-13-5-7-14(8-6-13)11-22-19(21-2)23-12-15-9-17(24-3)18(25-4)10-16(15)20/h5-10H,11-12H2,1-4H3,(H2,21,22,23). The molecule has 0 radical (unpaired) electrons. The van der Waals surface area contributed by atoms with Gasteiger partial charge in [0.1, 0.15) is 0 Å². The van der Waals surface area contributed by atoms with E-state index in [1.165, 1.54) is 11.1 Å². The number of hydrogen-bond acceptors (Lipinski definition) is 3. The maximum Gasteiger partial charge on any atom is 0.191 e. The van der Waals surface area contributed by atoms with Crippen molar-refractivity contribution in [3.05, 3.63) is 57.6 Å². The van der Waals surface area contributed by atoms with Crippen molar-refractivity contribution in [2.75, 3.05) is 21.3 Å². The Labute approximate surface area is 157 Å². The highest BCUT2D eigenvalue weighted by atomic mass is 79.9. The van der Waals surface area contributed by atoms with Gasteiger partial charge in [-0.05, 0) is 30.2 Å². The van der Waals surface area contributed by atoms with E-state index < -0.39 is 0 Å². The van der Waals surface area contributed by atoms with Gasteiger partial charge in [-0.2, -0.15) is 0 Å². The molecule has 0 fully saturated rings. The average Bonchev–Trinajstić information content (AvgIpc) is 2.63. The number of guanidine groups is 1. The molecule has 0 aliphatic heterocycles. The maximum absolute atomic E-state index is 5.36. The van der Waals surface area contributed by atoms with Crippen molar-refractivity contribution in [2.24, 2.45) is 4.99 Å². The number of benzene rings is 2. The Morgan fingerprint density at radius 2 is 1.60 bits per heavy atom. The molecule has 2 rings (SSSR count). The molecule has 2 aromatic rings. The first kappa shape index (κ1) is 19.1. The van der Waals surface area contributed by atoms with Crippen LogP contribution in [0.15, 0.2) is 45.9 Å². The monoisotopic (exact) mass is 405 g/mol. The van der Waals surface area contributed by atoms with Crippen LogP contribution >= 0.6 is 15.9 Å². The van der Waals surface area contributed by atoms with Gasteiger partial charge in [-0.15, -0.1) is 0 Å². The molecular weight excluding hydrogens is 382 g/mol. The molecule has 0 heterocycles.